The Bertz CT molecular complexity index is 562. The molecule has 0 saturated carbocycles. The summed E-state index contributed by atoms with van der Waals surface area (Å²) < 4.78 is 2.23. The molecule has 1 N–H and O–H groups in total. The van der Waals surface area contributed by atoms with Crippen LogP contribution in [0.3, 0.4) is 0 Å². The van der Waals surface area contributed by atoms with Gasteiger partial charge in [0.25, 0.3) is 0 Å². The number of nitrogens with one attached hydrogen (secondary N) is 1. The van der Waals surface area contributed by atoms with Crippen molar-refractivity contribution in [3.8, 4) is 11.3 Å². The minimum absolute atomic E-state index is 1.08. The van der Waals surface area contributed by atoms with Crippen LogP contribution >= 0.6 is 0 Å². The molecule has 1 aromatic carbocycles. The summed E-state index contributed by atoms with van der Waals surface area (Å²) in [6, 6.07) is 10.4. The van der Waals surface area contributed by atoms with Gasteiger partial charge >= 0.3 is 0 Å². The van der Waals surface area contributed by atoms with Crippen LogP contribution in [-0.4, -0.2) is 22.6 Å². The maximum Gasteiger partial charge on any atom is 0.0953 e. The lowest BCUT2D eigenvalue weighted by molar-refractivity contribution is 0.532. The van der Waals surface area contributed by atoms with Crippen molar-refractivity contribution >= 4 is 0 Å². The van der Waals surface area contributed by atoms with E-state index in [0.29, 0.717) is 0 Å². The third-order valence-electron chi connectivity index (χ3n) is 4.93. The highest BCUT2D eigenvalue weighted by atomic mass is 15.0. The second-order valence-electron chi connectivity index (χ2n) is 7.29. The molecule has 0 saturated heterocycles. The molecule has 2 rings (SSSR count). The van der Waals surface area contributed by atoms with E-state index in [0.717, 1.165) is 12.2 Å². The Balaban J connectivity index is 1.42. The first-order chi connectivity index (χ1) is 12.9. The van der Waals surface area contributed by atoms with Crippen molar-refractivity contribution in [1.82, 2.24) is 14.9 Å². The SMILES string of the molecule is CCCCCCNCCCCCCCCn1cnc(-c2ccccc2)c1. The van der Waals surface area contributed by atoms with Crippen LogP contribution in [0.5, 0.6) is 0 Å². The van der Waals surface area contributed by atoms with Gasteiger partial charge in [0.05, 0.1) is 12.0 Å². The van der Waals surface area contributed by atoms with Crippen molar-refractivity contribution in [3.05, 3.63) is 42.9 Å². The molecule has 3 nitrogen and oxygen atoms in total. The number of rotatable bonds is 15. The van der Waals surface area contributed by atoms with E-state index >= 15 is 0 Å². The summed E-state index contributed by atoms with van der Waals surface area (Å²) in [5.41, 5.74) is 2.28. The quantitative estimate of drug-likeness (QED) is 0.393. The molecule has 144 valence electrons. The Kier molecular flexibility index (Phi) is 10.8. The highest BCUT2D eigenvalue weighted by Gasteiger charge is 2.01. The van der Waals surface area contributed by atoms with E-state index < -0.39 is 0 Å². The molecule has 0 bridgehead atoms. The van der Waals surface area contributed by atoms with Gasteiger partial charge in [-0.3, -0.25) is 0 Å². The highest BCUT2D eigenvalue weighted by molar-refractivity contribution is 5.57. The lowest BCUT2D eigenvalue weighted by atomic mass is 10.1. The molecular weight excluding hydrogens is 318 g/mol. The average molecular weight is 356 g/mol. The number of hydrogen-bond acceptors (Lipinski definition) is 2. The average Bonchev–Trinajstić information content (AvgIpc) is 3.15. The van der Waals surface area contributed by atoms with Gasteiger partial charge in [0.1, 0.15) is 0 Å². The number of benzene rings is 1. The second kappa shape index (κ2) is 13.6. The smallest absolute Gasteiger partial charge is 0.0953 e. The minimum Gasteiger partial charge on any atom is -0.337 e. The largest absolute Gasteiger partial charge is 0.337 e. The van der Waals surface area contributed by atoms with E-state index in [2.05, 4.69) is 52.3 Å². The summed E-state index contributed by atoms with van der Waals surface area (Å²) in [7, 11) is 0. The standard InChI is InChI=1S/C23H37N3/c1-2-3-4-12-17-24-18-13-7-5-6-8-14-19-26-20-23(25-21-26)22-15-10-9-11-16-22/h9-11,15-16,20-21,24H,2-8,12-14,17-19H2,1H3. The van der Waals surface area contributed by atoms with Crippen molar-refractivity contribution in [2.24, 2.45) is 0 Å². The summed E-state index contributed by atoms with van der Waals surface area (Å²) >= 11 is 0. The van der Waals surface area contributed by atoms with Crippen LogP contribution in [0.1, 0.15) is 71.1 Å². The zero-order valence-corrected chi connectivity index (χ0v) is 16.6. The van der Waals surface area contributed by atoms with Crippen LogP contribution in [0.15, 0.2) is 42.9 Å². The van der Waals surface area contributed by atoms with Crippen LogP contribution in [0.2, 0.25) is 0 Å². The van der Waals surface area contributed by atoms with E-state index in [4.69, 9.17) is 0 Å². The first kappa shape index (κ1) is 20.7. The topological polar surface area (TPSA) is 29.9 Å². The Morgan fingerprint density at radius 2 is 1.46 bits per heavy atom. The lowest BCUT2D eigenvalue weighted by Gasteiger charge is -2.05. The molecule has 0 spiro atoms. The zero-order chi connectivity index (χ0) is 18.3. The van der Waals surface area contributed by atoms with Crippen molar-refractivity contribution < 1.29 is 0 Å². The first-order valence-electron chi connectivity index (χ1n) is 10.7. The summed E-state index contributed by atoms with van der Waals surface area (Å²) in [5.74, 6) is 0. The number of hydrogen-bond donors (Lipinski definition) is 1. The third kappa shape index (κ3) is 8.66. The molecule has 0 atom stereocenters. The molecule has 0 aliphatic heterocycles. The normalized spacial score (nSPS) is 11.1. The fourth-order valence-corrected chi connectivity index (χ4v) is 3.29. The van der Waals surface area contributed by atoms with Crippen LogP contribution in [0.25, 0.3) is 11.3 Å². The molecule has 0 unspecified atom stereocenters. The van der Waals surface area contributed by atoms with Crippen LogP contribution in [0, 0.1) is 0 Å². The van der Waals surface area contributed by atoms with Gasteiger partial charge in [0.15, 0.2) is 0 Å². The van der Waals surface area contributed by atoms with E-state index in [1.54, 1.807) is 0 Å². The first-order valence-corrected chi connectivity index (χ1v) is 10.7. The fourth-order valence-electron chi connectivity index (χ4n) is 3.29. The predicted octanol–water partition coefficient (Wildman–Crippen LogP) is 6.06. The van der Waals surface area contributed by atoms with Gasteiger partial charge in [0.2, 0.25) is 0 Å². The van der Waals surface area contributed by atoms with Gasteiger partial charge in [0, 0.05) is 18.3 Å². The Morgan fingerprint density at radius 1 is 0.808 bits per heavy atom. The number of aryl methyl sites for hydroxylation is 1. The molecule has 0 amide bonds. The van der Waals surface area contributed by atoms with Gasteiger partial charge in [-0.05, 0) is 32.4 Å². The van der Waals surface area contributed by atoms with Crippen LogP contribution in [-0.2, 0) is 6.54 Å². The molecular formula is C23H37N3. The summed E-state index contributed by atoms with van der Waals surface area (Å²) in [5, 5.41) is 3.57. The molecule has 0 fully saturated rings. The maximum atomic E-state index is 4.52. The molecule has 0 radical (unpaired) electrons. The third-order valence-corrected chi connectivity index (χ3v) is 4.93. The molecule has 1 aromatic heterocycles. The van der Waals surface area contributed by atoms with Crippen LogP contribution < -0.4 is 5.32 Å². The van der Waals surface area contributed by atoms with E-state index in [1.165, 1.54) is 82.9 Å². The zero-order valence-electron chi connectivity index (χ0n) is 16.6. The molecule has 1 heterocycles. The molecule has 2 aromatic rings. The minimum atomic E-state index is 1.08. The number of nitrogens with zero attached hydrogens (tertiary/aromatic N) is 2. The number of imidazole rings is 1. The van der Waals surface area contributed by atoms with Gasteiger partial charge < -0.3 is 9.88 Å². The number of unbranched alkanes of at least 4 members (excludes halogenated alkanes) is 8. The lowest BCUT2D eigenvalue weighted by Crippen LogP contribution is -2.16. The van der Waals surface area contributed by atoms with Crippen LogP contribution in [0.4, 0.5) is 0 Å². The van der Waals surface area contributed by atoms with Gasteiger partial charge in [-0.15, -0.1) is 0 Å². The van der Waals surface area contributed by atoms with Crippen molar-refractivity contribution in [2.45, 2.75) is 77.7 Å². The summed E-state index contributed by atoms with van der Waals surface area (Å²) in [4.78, 5) is 4.52. The Hall–Kier alpha value is -1.61. The van der Waals surface area contributed by atoms with Crippen molar-refractivity contribution in [1.29, 1.82) is 0 Å². The van der Waals surface area contributed by atoms with E-state index in [-0.39, 0.29) is 0 Å². The highest BCUT2D eigenvalue weighted by Crippen LogP contribution is 2.16. The van der Waals surface area contributed by atoms with E-state index in [1.807, 2.05) is 12.4 Å². The Morgan fingerprint density at radius 3 is 2.19 bits per heavy atom. The predicted molar refractivity (Wildman–Crippen MR) is 112 cm³/mol. The van der Waals surface area contributed by atoms with E-state index in [9.17, 15) is 0 Å². The Labute approximate surface area is 160 Å². The maximum absolute atomic E-state index is 4.52. The summed E-state index contributed by atoms with van der Waals surface area (Å²) in [6.07, 6.45) is 17.6. The van der Waals surface area contributed by atoms with Gasteiger partial charge in [-0.1, -0.05) is 82.2 Å². The fraction of sp³-hybridized carbons (Fsp3) is 0.609. The number of aromatic nitrogens is 2. The summed E-state index contributed by atoms with van der Waals surface area (Å²) in [6.45, 7) is 5.75. The van der Waals surface area contributed by atoms with Gasteiger partial charge in [-0.25, -0.2) is 4.98 Å². The second-order valence-corrected chi connectivity index (χ2v) is 7.29. The molecule has 0 aliphatic carbocycles. The van der Waals surface area contributed by atoms with Crippen molar-refractivity contribution in [3.63, 3.8) is 0 Å². The molecule has 0 aliphatic rings. The molecule has 3 heteroatoms. The molecule has 26 heavy (non-hydrogen) atoms. The monoisotopic (exact) mass is 355 g/mol. The van der Waals surface area contributed by atoms with Gasteiger partial charge in [-0.2, -0.15) is 0 Å². The van der Waals surface area contributed by atoms with Crippen molar-refractivity contribution in [2.75, 3.05) is 13.1 Å².